The van der Waals surface area contributed by atoms with Gasteiger partial charge in [0.1, 0.15) is 17.0 Å². The zero-order chi connectivity index (χ0) is 18.8. The Morgan fingerprint density at radius 2 is 1.61 bits per heavy atom. The monoisotopic (exact) mass is 392 g/mol. The van der Waals surface area contributed by atoms with E-state index < -0.39 is 0 Å². The summed E-state index contributed by atoms with van der Waals surface area (Å²) in [6, 6.07) is 11.4. The molecular formula is C23H28N4S. The van der Waals surface area contributed by atoms with Gasteiger partial charge >= 0.3 is 0 Å². The summed E-state index contributed by atoms with van der Waals surface area (Å²) in [7, 11) is 0. The number of thiophene rings is 1. The Kier molecular flexibility index (Phi) is 5.28. The highest BCUT2D eigenvalue weighted by molar-refractivity contribution is 7.17. The summed E-state index contributed by atoms with van der Waals surface area (Å²) in [5.41, 5.74) is 2.52. The lowest BCUT2D eigenvalue weighted by molar-refractivity contribution is 0.175. The van der Waals surface area contributed by atoms with Crippen LogP contribution in [0.1, 0.15) is 38.5 Å². The third kappa shape index (κ3) is 3.53. The highest BCUT2D eigenvalue weighted by Crippen LogP contribution is 2.38. The van der Waals surface area contributed by atoms with Crippen LogP contribution in [0, 0.1) is 0 Å². The normalized spacial score (nSPS) is 19.8. The molecule has 1 aromatic carbocycles. The molecule has 4 heterocycles. The predicted octanol–water partition coefficient (Wildman–Crippen LogP) is 5.20. The van der Waals surface area contributed by atoms with Crippen molar-refractivity contribution in [3.63, 3.8) is 0 Å². The molecule has 0 saturated carbocycles. The number of rotatable bonds is 3. The maximum Gasteiger partial charge on any atom is 0.141 e. The summed E-state index contributed by atoms with van der Waals surface area (Å²) in [5, 5.41) is 3.47. The molecule has 146 valence electrons. The van der Waals surface area contributed by atoms with Crippen LogP contribution in [-0.4, -0.2) is 47.1 Å². The van der Waals surface area contributed by atoms with Crippen LogP contribution < -0.4 is 4.90 Å². The van der Waals surface area contributed by atoms with Crippen LogP contribution in [0.2, 0.25) is 0 Å². The third-order valence-electron chi connectivity index (χ3n) is 6.36. The zero-order valence-electron chi connectivity index (χ0n) is 16.4. The Morgan fingerprint density at radius 3 is 2.36 bits per heavy atom. The number of hydrogen-bond acceptors (Lipinski definition) is 5. The Labute approximate surface area is 171 Å². The number of anilines is 1. The summed E-state index contributed by atoms with van der Waals surface area (Å²) in [6.45, 7) is 4.78. The SMILES string of the molecule is c1ccc(-c2csc3ncnc(N4CCC(N5CCCCCC5)CC4)c23)cc1. The van der Waals surface area contributed by atoms with E-state index in [0.717, 1.165) is 29.8 Å². The van der Waals surface area contributed by atoms with Gasteiger partial charge in [0.25, 0.3) is 0 Å². The van der Waals surface area contributed by atoms with Crippen molar-refractivity contribution in [1.29, 1.82) is 0 Å². The molecule has 4 nitrogen and oxygen atoms in total. The number of hydrogen-bond donors (Lipinski definition) is 0. The van der Waals surface area contributed by atoms with Crippen molar-refractivity contribution in [1.82, 2.24) is 14.9 Å². The Bertz CT molecular complexity index is 907. The van der Waals surface area contributed by atoms with E-state index >= 15 is 0 Å². The second-order valence-corrected chi connectivity index (χ2v) is 8.92. The molecule has 2 aliphatic rings. The molecule has 0 unspecified atom stereocenters. The standard InChI is InChI=1S/C23H28N4S/c1-2-7-13-26(12-6-1)19-10-14-27(15-11-19)22-21-20(18-8-4-3-5-9-18)16-28-23(21)25-17-24-22/h3-5,8-9,16-17,19H,1-2,6-7,10-15H2. The largest absolute Gasteiger partial charge is 0.356 e. The summed E-state index contributed by atoms with van der Waals surface area (Å²) >= 11 is 1.73. The molecule has 0 aliphatic carbocycles. The molecule has 0 bridgehead atoms. The molecule has 2 saturated heterocycles. The molecule has 2 aromatic heterocycles. The summed E-state index contributed by atoms with van der Waals surface area (Å²) in [5.74, 6) is 1.12. The van der Waals surface area contributed by atoms with E-state index in [2.05, 4.69) is 50.5 Å². The number of nitrogens with zero attached hydrogens (tertiary/aromatic N) is 4. The molecular weight excluding hydrogens is 364 g/mol. The van der Waals surface area contributed by atoms with Gasteiger partial charge in [0.2, 0.25) is 0 Å². The highest BCUT2D eigenvalue weighted by atomic mass is 32.1. The zero-order valence-corrected chi connectivity index (χ0v) is 17.2. The van der Waals surface area contributed by atoms with Crippen LogP contribution in [0.3, 0.4) is 0 Å². The smallest absolute Gasteiger partial charge is 0.141 e. The maximum atomic E-state index is 4.75. The molecule has 0 atom stereocenters. The van der Waals surface area contributed by atoms with E-state index in [-0.39, 0.29) is 0 Å². The number of aromatic nitrogens is 2. The van der Waals surface area contributed by atoms with E-state index in [4.69, 9.17) is 4.98 Å². The van der Waals surface area contributed by atoms with E-state index in [0.29, 0.717) is 0 Å². The molecule has 0 spiro atoms. The lowest BCUT2D eigenvalue weighted by Gasteiger charge is -2.38. The van der Waals surface area contributed by atoms with Crippen LogP contribution >= 0.6 is 11.3 Å². The van der Waals surface area contributed by atoms with Crippen molar-refractivity contribution < 1.29 is 0 Å². The fourth-order valence-electron chi connectivity index (χ4n) is 4.83. The Hall–Kier alpha value is -1.98. The molecule has 0 amide bonds. The van der Waals surface area contributed by atoms with Crippen LogP contribution in [0.25, 0.3) is 21.3 Å². The van der Waals surface area contributed by atoms with Gasteiger partial charge in [-0.15, -0.1) is 11.3 Å². The Morgan fingerprint density at radius 1 is 0.857 bits per heavy atom. The van der Waals surface area contributed by atoms with Crippen LogP contribution in [0.15, 0.2) is 42.0 Å². The molecule has 2 fully saturated rings. The van der Waals surface area contributed by atoms with Crippen LogP contribution in [0.5, 0.6) is 0 Å². The van der Waals surface area contributed by atoms with Crippen molar-refractivity contribution in [3.8, 4) is 11.1 Å². The van der Waals surface area contributed by atoms with E-state index in [1.807, 2.05) is 0 Å². The first-order valence-corrected chi connectivity index (χ1v) is 11.5. The van der Waals surface area contributed by atoms with Gasteiger partial charge in [-0.05, 0) is 44.3 Å². The lowest BCUT2D eigenvalue weighted by Crippen LogP contribution is -2.45. The molecule has 0 radical (unpaired) electrons. The molecule has 28 heavy (non-hydrogen) atoms. The van der Waals surface area contributed by atoms with E-state index in [1.165, 1.54) is 68.1 Å². The van der Waals surface area contributed by atoms with Crippen molar-refractivity contribution in [3.05, 3.63) is 42.0 Å². The van der Waals surface area contributed by atoms with Crippen molar-refractivity contribution in [2.75, 3.05) is 31.1 Å². The number of piperidine rings is 1. The van der Waals surface area contributed by atoms with Crippen LogP contribution in [0.4, 0.5) is 5.82 Å². The maximum absolute atomic E-state index is 4.75. The van der Waals surface area contributed by atoms with Gasteiger partial charge in [-0.1, -0.05) is 43.2 Å². The Balaban J connectivity index is 1.39. The molecule has 2 aliphatic heterocycles. The molecule has 5 rings (SSSR count). The van der Waals surface area contributed by atoms with Crippen molar-refractivity contribution in [2.24, 2.45) is 0 Å². The van der Waals surface area contributed by atoms with Gasteiger partial charge < -0.3 is 9.80 Å². The first-order chi connectivity index (χ1) is 13.9. The quantitative estimate of drug-likeness (QED) is 0.613. The van der Waals surface area contributed by atoms with Gasteiger partial charge in [-0.25, -0.2) is 9.97 Å². The first-order valence-electron chi connectivity index (χ1n) is 10.7. The second-order valence-electron chi connectivity index (χ2n) is 8.06. The average Bonchev–Trinajstić information content (AvgIpc) is 3.01. The predicted molar refractivity (Wildman–Crippen MR) is 118 cm³/mol. The van der Waals surface area contributed by atoms with Crippen molar-refractivity contribution >= 4 is 27.4 Å². The van der Waals surface area contributed by atoms with Crippen molar-refractivity contribution in [2.45, 2.75) is 44.6 Å². The van der Waals surface area contributed by atoms with Gasteiger partial charge in [0.05, 0.1) is 5.39 Å². The van der Waals surface area contributed by atoms with E-state index in [1.54, 1.807) is 17.7 Å². The number of likely N-dealkylation sites (tertiary alicyclic amines) is 1. The fraction of sp³-hybridized carbons (Fsp3) is 0.478. The van der Waals surface area contributed by atoms with Gasteiger partial charge in [0, 0.05) is 30.1 Å². The minimum Gasteiger partial charge on any atom is -0.356 e. The molecule has 3 aromatic rings. The second kappa shape index (κ2) is 8.18. The van der Waals surface area contributed by atoms with Gasteiger partial charge in [-0.3, -0.25) is 0 Å². The minimum atomic E-state index is 0.753. The lowest BCUT2D eigenvalue weighted by atomic mass is 10.0. The fourth-order valence-corrected chi connectivity index (χ4v) is 5.74. The van der Waals surface area contributed by atoms with E-state index in [9.17, 15) is 0 Å². The molecule has 5 heteroatoms. The summed E-state index contributed by atoms with van der Waals surface area (Å²) in [6.07, 6.45) is 9.81. The third-order valence-corrected chi connectivity index (χ3v) is 7.24. The number of fused-ring (bicyclic) bond motifs is 1. The topological polar surface area (TPSA) is 32.3 Å². The molecule has 0 N–H and O–H groups in total. The first kappa shape index (κ1) is 18.1. The van der Waals surface area contributed by atoms with Gasteiger partial charge in [-0.2, -0.15) is 0 Å². The van der Waals surface area contributed by atoms with Crippen LogP contribution in [-0.2, 0) is 0 Å². The average molecular weight is 393 g/mol. The summed E-state index contributed by atoms with van der Waals surface area (Å²) < 4.78 is 0. The highest BCUT2D eigenvalue weighted by Gasteiger charge is 2.27. The minimum absolute atomic E-state index is 0.753. The summed E-state index contributed by atoms with van der Waals surface area (Å²) in [4.78, 5) is 15.7. The van der Waals surface area contributed by atoms with Gasteiger partial charge in [0.15, 0.2) is 0 Å². The number of benzene rings is 1.